The number of rotatable bonds is 4. The average Bonchev–Trinajstić information content (AvgIpc) is 3.07. The van der Waals surface area contributed by atoms with E-state index in [0.29, 0.717) is 12.2 Å². The molecule has 2 heterocycles. The van der Waals surface area contributed by atoms with Crippen LogP contribution in [0.4, 0.5) is 10.1 Å². The molecule has 2 aromatic rings. The van der Waals surface area contributed by atoms with Gasteiger partial charge in [0.1, 0.15) is 23.8 Å². The van der Waals surface area contributed by atoms with Gasteiger partial charge in [0.25, 0.3) is 5.91 Å². The number of hydrogen-bond donors (Lipinski definition) is 0. The fourth-order valence-corrected chi connectivity index (χ4v) is 3.89. The van der Waals surface area contributed by atoms with Gasteiger partial charge in [0.15, 0.2) is 0 Å². The normalized spacial score (nSPS) is 23.2. The number of morpholine rings is 1. The van der Waals surface area contributed by atoms with E-state index in [0.717, 1.165) is 31.8 Å². The molecule has 0 radical (unpaired) electrons. The first-order chi connectivity index (χ1) is 13.1. The minimum atomic E-state index is -0.396. The van der Waals surface area contributed by atoms with Crippen LogP contribution in [0.5, 0.6) is 5.75 Å². The molecule has 2 aliphatic heterocycles. The molecule has 2 aromatic carbocycles. The lowest BCUT2D eigenvalue weighted by atomic mass is 10.00. The summed E-state index contributed by atoms with van der Waals surface area (Å²) in [5, 5.41) is 0. The molecular formula is C21H23FN2O3. The Labute approximate surface area is 158 Å². The second-order valence-corrected chi connectivity index (χ2v) is 7.24. The Kier molecular flexibility index (Phi) is 4.85. The number of ether oxygens (including phenoxy) is 2. The average molecular weight is 370 g/mol. The molecule has 0 N–H and O–H groups in total. The number of nitrogens with zero attached hydrogens (tertiary/aromatic N) is 2. The molecule has 5 nitrogen and oxygen atoms in total. The van der Waals surface area contributed by atoms with Gasteiger partial charge < -0.3 is 14.4 Å². The summed E-state index contributed by atoms with van der Waals surface area (Å²) in [6.45, 7) is 2.96. The van der Waals surface area contributed by atoms with E-state index >= 15 is 0 Å². The Balaban J connectivity index is 1.45. The van der Waals surface area contributed by atoms with E-state index in [1.165, 1.54) is 17.7 Å². The zero-order chi connectivity index (χ0) is 18.9. The maximum Gasteiger partial charge on any atom is 0.253 e. The molecule has 6 heteroatoms. The van der Waals surface area contributed by atoms with Gasteiger partial charge in [-0.25, -0.2) is 4.39 Å². The highest BCUT2D eigenvalue weighted by Crippen LogP contribution is 2.33. The van der Waals surface area contributed by atoms with E-state index in [9.17, 15) is 9.18 Å². The summed E-state index contributed by atoms with van der Waals surface area (Å²) in [6, 6.07) is 14.2. The number of methoxy groups -OCH3 is 1. The van der Waals surface area contributed by atoms with Crippen molar-refractivity contribution in [3.8, 4) is 5.75 Å². The fourth-order valence-electron chi connectivity index (χ4n) is 3.89. The topological polar surface area (TPSA) is 42.0 Å². The van der Waals surface area contributed by atoms with Crippen LogP contribution >= 0.6 is 0 Å². The van der Waals surface area contributed by atoms with Crippen LogP contribution < -0.4 is 9.64 Å². The van der Waals surface area contributed by atoms with Crippen molar-refractivity contribution in [2.45, 2.75) is 18.6 Å². The number of likely N-dealkylation sites (tertiary alicyclic amines) is 1. The Hall–Kier alpha value is -2.44. The number of carbonyl (C=O) groups excluding carboxylic acids is 1. The number of anilines is 1. The highest BCUT2D eigenvalue weighted by Gasteiger charge is 2.45. The summed E-state index contributed by atoms with van der Waals surface area (Å²) in [5.41, 5.74) is 1.41. The van der Waals surface area contributed by atoms with Gasteiger partial charge in [-0.1, -0.05) is 18.2 Å². The predicted molar refractivity (Wildman–Crippen MR) is 100 cm³/mol. The third-order valence-corrected chi connectivity index (χ3v) is 5.33. The summed E-state index contributed by atoms with van der Waals surface area (Å²) >= 11 is 0. The van der Waals surface area contributed by atoms with Crippen molar-refractivity contribution in [3.05, 3.63) is 59.9 Å². The third-order valence-electron chi connectivity index (χ3n) is 5.33. The molecule has 0 bridgehead atoms. The zero-order valence-corrected chi connectivity index (χ0v) is 15.4. The Morgan fingerprint density at radius 1 is 1.19 bits per heavy atom. The molecule has 1 atom stereocenters. The maximum atomic E-state index is 13.6. The minimum Gasteiger partial charge on any atom is -0.497 e. The summed E-state index contributed by atoms with van der Waals surface area (Å²) < 4.78 is 24.8. The van der Waals surface area contributed by atoms with Gasteiger partial charge in [-0.05, 0) is 42.3 Å². The van der Waals surface area contributed by atoms with Gasteiger partial charge >= 0.3 is 0 Å². The molecule has 1 amide bonds. The lowest BCUT2D eigenvalue weighted by Gasteiger charge is -2.40. The van der Waals surface area contributed by atoms with Gasteiger partial charge in [-0.15, -0.1) is 0 Å². The molecule has 1 unspecified atom stereocenters. The van der Waals surface area contributed by atoms with Crippen molar-refractivity contribution >= 4 is 11.6 Å². The largest absolute Gasteiger partial charge is 0.497 e. The molecular weight excluding hydrogens is 347 g/mol. The molecule has 27 heavy (non-hydrogen) atoms. The van der Waals surface area contributed by atoms with Gasteiger partial charge in [0.2, 0.25) is 0 Å². The van der Waals surface area contributed by atoms with E-state index in [2.05, 4.69) is 17.0 Å². The number of halogens is 1. The Bertz CT molecular complexity index is 826. The Morgan fingerprint density at radius 2 is 2.00 bits per heavy atom. The maximum absolute atomic E-state index is 13.6. The van der Waals surface area contributed by atoms with Gasteiger partial charge in [-0.3, -0.25) is 9.69 Å². The third kappa shape index (κ3) is 3.82. The van der Waals surface area contributed by atoms with E-state index < -0.39 is 5.60 Å². The first kappa shape index (κ1) is 17.9. The van der Waals surface area contributed by atoms with Crippen LogP contribution in [0.3, 0.4) is 0 Å². The fraction of sp³-hybridized carbons (Fsp3) is 0.381. The van der Waals surface area contributed by atoms with Crippen molar-refractivity contribution in [1.82, 2.24) is 4.90 Å². The second kappa shape index (κ2) is 7.29. The summed E-state index contributed by atoms with van der Waals surface area (Å²) in [6.07, 6.45) is 0.849. The molecule has 4 rings (SSSR count). The van der Waals surface area contributed by atoms with Crippen molar-refractivity contribution in [2.75, 3.05) is 38.3 Å². The SMILES string of the molecule is COc1ccc(CN2CCC3(C2)CN(c2cccc(F)c2)C(=O)CO3)cc1. The first-order valence-corrected chi connectivity index (χ1v) is 9.12. The summed E-state index contributed by atoms with van der Waals surface area (Å²) in [5.74, 6) is 0.379. The molecule has 2 saturated heterocycles. The van der Waals surface area contributed by atoms with Crippen LogP contribution in [-0.2, 0) is 16.1 Å². The molecule has 1 spiro atoms. The van der Waals surface area contributed by atoms with E-state index in [1.54, 1.807) is 24.1 Å². The van der Waals surface area contributed by atoms with Crippen LogP contribution in [0.25, 0.3) is 0 Å². The highest BCUT2D eigenvalue weighted by atomic mass is 19.1. The van der Waals surface area contributed by atoms with E-state index in [4.69, 9.17) is 9.47 Å². The standard InChI is InChI=1S/C21H23FN2O3/c1-26-19-7-5-16(6-8-19)12-23-10-9-21(14-23)15-24(20(25)13-27-21)18-4-2-3-17(22)11-18/h2-8,11H,9-10,12-15H2,1H3. The molecule has 0 aliphatic carbocycles. The van der Waals surface area contributed by atoms with Crippen molar-refractivity contribution in [3.63, 3.8) is 0 Å². The zero-order valence-electron chi connectivity index (χ0n) is 15.4. The van der Waals surface area contributed by atoms with E-state index in [1.807, 2.05) is 12.1 Å². The summed E-state index contributed by atoms with van der Waals surface area (Å²) in [7, 11) is 1.66. The second-order valence-electron chi connectivity index (χ2n) is 7.24. The summed E-state index contributed by atoms with van der Waals surface area (Å²) in [4.78, 5) is 16.3. The van der Waals surface area contributed by atoms with Crippen LogP contribution in [0.1, 0.15) is 12.0 Å². The molecule has 142 valence electrons. The van der Waals surface area contributed by atoms with Gasteiger partial charge in [0.05, 0.1) is 13.7 Å². The van der Waals surface area contributed by atoms with Crippen molar-refractivity contribution in [1.29, 1.82) is 0 Å². The number of benzene rings is 2. The lowest BCUT2D eigenvalue weighted by molar-refractivity contribution is -0.137. The number of hydrogen-bond acceptors (Lipinski definition) is 4. The van der Waals surface area contributed by atoms with Crippen molar-refractivity contribution in [2.24, 2.45) is 0 Å². The van der Waals surface area contributed by atoms with Crippen molar-refractivity contribution < 1.29 is 18.7 Å². The highest BCUT2D eigenvalue weighted by molar-refractivity contribution is 5.95. The first-order valence-electron chi connectivity index (χ1n) is 9.12. The number of amides is 1. The van der Waals surface area contributed by atoms with E-state index in [-0.39, 0.29) is 18.3 Å². The smallest absolute Gasteiger partial charge is 0.253 e. The molecule has 0 saturated carbocycles. The molecule has 2 fully saturated rings. The van der Waals surface area contributed by atoms with Gasteiger partial charge in [-0.2, -0.15) is 0 Å². The Morgan fingerprint density at radius 3 is 2.74 bits per heavy atom. The minimum absolute atomic E-state index is 0.0346. The molecule has 2 aliphatic rings. The quantitative estimate of drug-likeness (QED) is 0.830. The van der Waals surface area contributed by atoms with Gasteiger partial charge in [0, 0.05) is 25.3 Å². The van der Waals surface area contributed by atoms with Crippen LogP contribution in [0.15, 0.2) is 48.5 Å². The predicted octanol–water partition coefficient (Wildman–Crippen LogP) is 2.84. The molecule has 0 aromatic heterocycles. The monoisotopic (exact) mass is 370 g/mol. The van der Waals surface area contributed by atoms with Crippen LogP contribution in [-0.4, -0.2) is 49.8 Å². The van der Waals surface area contributed by atoms with Crippen LogP contribution in [0, 0.1) is 5.82 Å². The van der Waals surface area contributed by atoms with Crippen LogP contribution in [0.2, 0.25) is 0 Å². The number of carbonyl (C=O) groups is 1. The lowest BCUT2D eigenvalue weighted by Crippen LogP contribution is -2.56.